The van der Waals surface area contributed by atoms with E-state index in [1.807, 2.05) is 35.7 Å². The van der Waals surface area contributed by atoms with Crippen LogP contribution < -0.4 is 10.9 Å². The van der Waals surface area contributed by atoms with Gasteiger partial charge in [-0.3, -0.25) is 14.2 Å². The minimum atomic E-state index is -0.173. The number of halogens is 1. The summed E-state index contributed by atoms with van der Waals surface area (Å²) in [5.41, 5.74) is 1.65. The van der Waals surface area contributed by atoms with Crippen molar-refractivity contribution in [1.29, 1.82) is 0 Å². The number of hydrogen-bond donors (Lipinski definition) is 1. The molecule has 0 saturated heterocycles. The molecular formula is C23H20ClN3O3S2. The fraction of sp³-hybridized carbons (Fsp3) is 0.174. The Labute approximate surface area is 197 Å². The first kappa shape index (κ1) is 22.4. The van der Waals surface area contributed by atoms with Gasteiger partial charge in [0.2, 0.25) is 5.91 Å². The first-order valence-corrected chi connectivity index (χ1v) is 12.1. The van der Waals surface area contributed by atoms with E-state index in [0.717, 1.165) is 11.1 Å². The van der Waals surface area contributed by atoms with Crippen molar-refractivity contribution in [2.75, 3.05) is 12.3 Å². The number of benzene rings is 1. The van der Waals surface area contributed by atoms with E-state index in [9.17, 15) is 9.59 Å². The number of thioether (sulfide) groups is 1. The van der Waals surface area contributed by atoms with E-state index in [4.69, 9.17) is 16.0 Å². The molecule has 0 aliphatic heterocycles. The number of fused-ring (bicyclic) bond motifs is 1. The van der Waals surface area contributed by atoms with E-state index in [2.05, 4.69) is 16.9 Å². The Hall–Kier alpha value is -2.81. The van der Waals surface area contributed by atoms with Gasteiger partial charge in [0.1, 0.15) is 10.6 Å². The zero-order chi connectivity index (χ0) is 22.5. The summed E-state index contributed by atoms with van der Waals surface area (Å²) in [6.07, 6.45) is 3.93. The molecule has 3 aromatic heterocycles. The van der Waals surface area contributed by atoms with Crippen LogP contribution in [0.5, 0.6) is 0 Å². The number of furan rings is 1. The molecule has 164 valence electrons. The Balaban J connectivity index is 1.46. The molecule has 3 heterocycles. The summed E-state index contributed by atoms with van der Waals surface area (Å²) >= 11 is 8.51. The van der Waals surface area contributed by atoms with Crippen LogP contribution in [0.15, 0.2) is 75.1 Å². The van der Waals surface area contributed by atoms with Crippen molar-refractivity contribution in [3.8, 4) is 11.3 Å². The number of nitrogens with one attached hydrogen (secondary N) is 1. The van der Waals surface area contributed by atoms with Gasteiger partial charge in [-0.15, -0.1) is 17.9 Å². The Morgan fingerprint density at radius 2 is 2.12 bits per heavy atom. The number of rotatable bonds is 9. The number of amides is 1. The Morgan fingerprint density at radius 1 is 1.31 bits per heavy atom. The van der Waals surface area contributed by atoms with Crippen molar-refractivity contribution in [3.05, 3.63) is 81.6 Å². The van der Waals surface area contributed by atoms with Crippen LogP contribution in [-0.4, -0.2) is 27.8 Å². The lowest BCUT2D eigenvalue weighted by Crippen LogP contribution is -2.28. The molecular weight excluding hydrogens is 466 g/mol. The second kappa shape index (κ2) is 10.2. The highest BCUT2D eigenvalue weighted by atomic mass is 35.5. The van der Waals surface area contributed by atoms with Gasteiger partial charge >= 0.3 is 0 Å². The maximum Gasteiger partial charge on any atom is 0.263 e. The highest BCUT2D eigenvalue weighted by Gasteiger charge is 2.18. The van der Waals surface area contributed by atoms with Crippen molar-refractivity contribution in [2.24, 2.45) is 0 Å². The van der Waals surface area contributed by atoms with Crippen LogP contribution in [0.25, 0.3) is 21.5 Å². The number of carbonyl (C=O) groups excluding carboxylic acids is 1. The molecule has 0 bridgehead atoms. The Kier molecular flexibility index (Phi) is 7.14. The van der Waals surface area contributed by atoms with E-state index < -0.39 is 0 Å². The zero-order valence-corrected chi connectivity index (χ0v) is 19.4. The van der Waals surface area contributed by atoms with Crippen LogP contribution in [0.4, 0.5) is 0 Å². The van der Waals surface area contributed by atoms with Gasteiger partial charge in [0.25, 0.3) is 5.56 Å². The third-order valence-corrected chi connectivity index (χ3v) is 6.84. The van der Waals surface area contributed by atoms with Gasteiger partial charge in [-0.2, -0.15) is 0 Å². The molecule has 0 atom stereocenters. The topological polar surface area (TPSA) is 77.1 Å². The lowest BCUT2D eigenvalue weighted by atomic mass is 10.1. The molecule has 0 unspecified atom stereocenters. The Bertz CT molecular complexity index is 1290. The zero-order valence-electron chi connectivity index (χ0n) is 17.0. The fourth-order valence-corrected chi connectivity index (χ4v) is 5.13. The summed E-state index contributed by atoms with van der Waals surface area (Å²) in [6.45, 7) is 4.57. The number of thiophene rings is 1. The molecule has 9 heteroatoms. The summed E-state index contributed by atoms with van der Waals surface area (Å²) < 4.78 is 7.01. The van der Waals surface area contributed by atoms with Crippen LogP contribution >= 0.6 is 34.7 Å². The van der Waals surface area contributed by atoms with Crippen molar-refractivity contribution in [1.82, 2.24) is 14.9 Å². The quantitative estimate of drug-likeness (QED) is 0.205. The van der Waals surface area contributed by atoms with Crippen LogP contribution in [0.2, 0.25) is 5.02 Å². The molecule has 0 aliphatic rings. The standard InChI is InChI=1S/C23H20ClN3O3S2/c1-2-11-27-22(29)20-17(18-4-3-12-30-18)13-31-21(20)26-23(27)32-14-19(28)25-10-9-15-5-7-16(24)8-6-15/h2-8,12-13H,1,9-11,14H2,(H,25,28). The van der Waals surface area contributed by atoms with E-state index >= 15 is 0 Å². The SMILES string of the molecule is C=CCn1c(SCC(=O)NCCc2ccc(Cl)cc2)nc2scc(-c3ccco3)c2c1=O. The number of aromatic nitrogens is 2. The number of nitrogens with zero attached hydrogens (tertiary/aromatic N) is 2. The molecule has 1 N–H and O–H groups in total. The van der Waals surface area contributed by atoms with Gasteiger partial charge in [0.15, 0.2) is 5.16 Å². The van der Waals surface area contributed by atoms with Crippen LogP contribution in [0.3, 0.4) is 0 Å². The molecule has 4 aromatic rings. The molecule has 0 radical (unpaired) electrons. The van der Waals surface area contributed by atoms with Gasteiger partial charge in [0.05, 0.1) is 17.4 Å². The third-order valence-electron chi connectivity index (χ3n) is 4.74. The van der Waals surface area contributed by atoms with Crippen molar-refractivity contribution in [2.45, 2.75) is 18.1 Å². The molecule has 0 spiro atoms. The van der Waals surface area contributed by atoms with Gasteiger partial charge < -0.3 is 9.73 Å². The summed E-state index contributed by atoms with van der Waals surface area (Å²) in [4.78, 5) is 30.8. The molecule has 0 saturated carbocycles. The Morgan fingerprint density at radius 3 is 2.84 bits per heavy atom. The molecule has 0 fully saturated rings. The predicted molar refractivity (Wildman–Crippen MR) is 131 cm³/mol. The average Bonchev–Trinajstić information content (AvgIpc) is 3.46. The molecule has 32 heavy (non-hydrogen) atoms. The predicted octanol–water partition coefficient (Wildman–Crippen LogP) is 5.01. The number of hydrogen-bond acceptors (Lipinski definition) is 6. The summed E-state index contributed by atoms with van der Waals surface area (Å²) in [5.74, 6) is 0.665. The lowest BCUT2D eigenvalue weighted by molar-refractivity contribution is -0.118. The normalized spacial score (nSPS) is 11.0. The van der Waals surface area contributed by atoms with E-state index in [-0.39, 0.29) is 17.2 Å². The highest BCUT2D eigenvalue weighted by molar-refractivity contribution is 7.99. The largest absolute Gasteiger partial charge is 0.464 e. The molecule has 0 aliphatic carbocycles. The summed E-state index contributed by atoms with van der Waals surface area (Å²) in [5, 5.41) is 6.47. The van der Waals surface area contributed by atoms with E-state index in [0.29, 0.717) is 45.7 Å². The maximum absolute atomic E-state index is 13.2. The number of allylic oxidation sites excluding steroid dienone is 1. The van der Waals surface area contributed by atoms with Crippen LogP contribution in [0, 0.1) is 0 Å². The minimum Gasteiger partial charge on any atom is -0.464 e. The fourth-order valence-electron chi connectivity index (χ4n) is 3.20. The number of carbonyl (C=O) groups is 1. The van der Waals surface area contributed by atoms with Crippen molar-refractivity contribution >= 4 is 50.8 Å². The monoisotopic (exact) mass is 485 g/mol. The minimum absolute atomic E-state index is 0.120. The third kappa shape index (κ3) is 4.98. The van der Waals surface area contributed by atoms with Gasteiger partial charge in [0, 0.05) is 29.1 Å². The van der Waals surface area contributed by atoms with Crippen LogP contribution in [0.1, 0.15) is 5.56 Å². The molecule has 4 rings (SSSR count). The maximum atomic E-state index is 13.2. The summed E-state index contributed by atoms with van der Waals surface area (Å²) in [6, 6.07) is 11.1. The summed E-state index contributed by atoms with van der Waals surface area (Å²) in [7, 11) is 0. The molecule has 1 aromatic carbocycles. The van der Waals surface area contributed by atoms with Crippen molar-refractivity contribution < 1.29 is 9.21 Å². The van der Waals surface area contributed by atoms with E-state index in [1.165, 1.54) is 23.1 Å². The first-order valence-electron chi connectivity index (χ1n) is 9.87. The molecule has 1 amide bonds. The average molecular weight is 486 g/mol. The smallest absolute Gasteiger partial charge is 0.263 e. The van der Waals surface area contributed by atoms with Crippen LogP contribution in [-0.2, 0) is 17.8 Å². The second-order valence-electron chi connectivity index (χ2n) is 6.92. The van der Waals surface area contributed by atoms with E-state index in [1.54, 1.807) is 23.0 Å². The molecule has 6 nitrogen and oxygen atoms in total. The highest BCUT2D eigenvalue weighted by Crippen LogP contribution is 2.32. The first-order chi connectivity index (χ1) is 15.6. The van der Waals surface area contributed by atoms with Gasteiger partial charge in [-0.25, -0.2) is 4.98 Å². The van der Waals surface area contributed by atoms with Crippen molar-refractivity contribution in [3.63, 3.8) is 0 Å². The van der Waals surface area contributed by atoms with Gasteiger partial charge in [-0.05, 0) is 36.2 Å². The van der Waals surface area contributed by atoms with Gasteiger partial charge in [-0.1, -0.05) is 41.6 Å². The lowest BCUT2D eigenvalue weighted by Gasteiger charge is -2.11. The second-order valence-corrected chi connectivity index (χ2v) is 9.16.